The molecule has 0 heterocycles. The largest absolute Gasteiger partial charge is 0.478 e. The van der Waals surface area contributed by atoms with E-state index < -0.39 is 15.6 Å². The van der Waals surface area contributed by atoms with Crippen LogP contribution in [0, 0.1) is 0 Å². The zero-order valence-corrected chi connectivity index (χ0v) is 8.38. The van der Waals surface area contributed by atoms with Crippen LogP contribution in [0.15, 0.2) is 0 Å². The number of hydrogen-bond acceptors (Lipinski definition) is 5. The van der Waals surface area contributed by atoms with E-state index in [1.807, 2.05) is 0 Å². The molecule has 4 N–H and O–H groups in total. The topological polar surface area (TPSA) is 124 Å². The summed E-state index contributed by atoms with van der Waals surface area (Å²) < 4.78 is 22.2. The van der Waals surface area contributed by atoms with Crippen molar-refractivity contribution in [3.05, 3.63) is 0 Å². The highest BCUT2D eigenvalue weighted by Crippen LogP contribution is 2.53. The SMILES string of the molecule is O=P(O)(O)OP(=O)(O)O.SS. The second-order valence-electron chi connectivity index (χ2n) is 1.06. The molecule has 7 nitrogen and oxygen atoms in total. The molecule has 0 radical (unpaired) electrons. The van der Waals surface area contributed by atoms with Gasteiger partial charge in [-0.3, -0.25) is 0 Å². The van der Waals surface area contributed by atoms with Gasteiger partial charge in [0.1, 0.15) is 0 Å². The van der Waals surface area contributed by atoms with Crippen molar-refractivity contribution in [1.29, 1.82) is 0 Å². The van der Waals surface area contributed by atoms with Gasteiger partial charge in [-0.2, -0.15) is 4.31 Å². The molecule has 0 saturated heterocycles. The first-order valence-electron chi connectivity index (χ1n) is 1.73. The molecule has 70 valence electrons. The molecule has 0 atom stereocenters. The van der Waals surface area contributed by atoms with E-state index in [-0.39, 0.29) is 0 Å². The summed E-state index contributed by atoms with van der Waals surface area (Å²) in [6.45, 7) is 0. The van der Waals surface area contributed by atoms with E-state index in [1.54, 1.807) is 0 Å². The Bertz CT molecular complexity index is 155. The van der Waals surface area contributed by atoms with E-state index in [4.69, 9.17) is 19.6 Å². The summed E-state index contributed by atoms with van der Waals surface area (Å²) >= 11 is 6.44. The summed E-state index contributed by atoms with van der Waals surface area (Å²) in [5, 5.41) is 0. The number of rotatable bonds is 2. The second kappa shape index (κ2) is 5.58. The monoisotopic (exact) mass is 244 g/mol. The number of phosphoric acid groups is 2. The van der Waals surface area contributed by atoms with Gasteiger partial charge in [0.05, 0.1) is 0 Å². The summed E-state index contributed by atoms with van der Waals surface area (Å²) in [7, 11) is -10.1. The van der Waals surface area contributed by atoms with Crippen molar-refractivity contribution in [2.24, 2.45) is 0 Å². The fourth-order valence-electron chi connectivity index (χ4n) is 0.139. The van der Waals surface area contributed by atoms with Gasteiger partial charge in [-0.05, 0) is 0 Å². The van der Waals surface area contributed by atoms with Crippen LogP contribution in [0.4, 0.5) is 0 Å². The maximum atomic E-state index is 9.63. The van der Waals surface area contributed by atoms with Crippen LogP contribution in [0.3, 0.4) is 0 Å². The van der Waals surface area contributed by atoms with Gasteiger partial charge >= 0.3 is 15.6 Å². The molecule has 0 aliphatic heterocycles. The van der Waals surface area contributed by atoms with Crippen LogP contribution >= 0.6 is 39.0 Å². The summed E-state index contributed by atoms with van der Waals surface area (Å²) in [5.41, 5.74) is 0. The molecule has 0 spiro atoms. The van der Waals surface area contributed by atoms with E-state index in [9.17, 15) is 9.13 Å². The lowest BCUT2D eigenvalue weighted by molar-refractivity contribution is 0.225. The lowest BCUT2D eigenvalue weighted by Gasteiger charge is -2.03. The number of thiol groups is 2. The zero-order chi connectivity index (χ0) is 9.71. The fraction of sp³-hybridized carbons (Fsp3) is 0. The lowest BCUT2D eigenvalue weighted by atomic mass is 15.7. The molecule has 0 rings (SSSR count). The van der Waals surface area contributed by atoms with Crippen molar-refractivity contribution in [1.82, 2.24) is 0 Å². The molecule has 11 heavy (non-hydrogen) atoms. The van der Waals surface area contributed by atoms with Gasteiger partial charge in [0.2, 0.25) is 0 Å². The average molecular weight is 244 g/mol. The smallest absolute Gasteiger partial charge is 0.302 e. The van der Waals surface area contributed by atoms with E-state index in [1.165, 1.54) is 0 Å². The molecular weight excluding hydrogens is 238 g/mol. The molecule has 0 aromatic carbocycles. The van der Waals surface area contributed by atoms with Crippen LogP contribution in [-0.4, -0.2) is 19.6 Å². The zero-order valence-electron chi connectivity index (χ0n) is 4.80. The Morgan fingerprint density at radius 2 is 1.09 bits per heavy atom. The molecule has 0 saturated carbocycles. The average Bonchev–Trinajstić information content (AvgIpc) is 1.60. The normalized spacial score (nSPS) is 11.8. The third-order valence-electron chi connectivity index (χ3n) is 0.213. The van der Waals surface area contributed by atoms with E-state index >= 15 is 0 Å². The van der Waals surface area contributed by atoms with Gasteiger partial charge in [-0.25, -0.2) is 9.13 Å². The van der Waals surface area contributed by atoms with Crippen LogP contribution in [-0.2, 0) is 13.4 Å². The van der Waals surface area contributed by atoms with Crippen molar-refractivity contribution in [2.75, 3.05) is 0 Å². The first-order valence-corrected chi connectivity index (χ1v) is 6.39. The molecule has 0 fully saturated rings. The molecular formula is H6O7P2S2. The molecule has 0 unspecified atom stereocenters. The minimum Gasteiger partial charge on any atom is -0.302 e. The molecule has 0 aliphatic rings. The molecule has 0 aromatic heterocycles. The lowest BCUT2D eigenvalue weighted by Crippen LogP contribution is -1.84. The third kappa shape index (κ3) is 18.2. The molecule has 0 amide bonds. The summed E-state index contributed by atoms with van der Waals surface area (Å²) in [6, 6.07) is 0. The predicted molar refractivity (Wildman–Crippen MR) is 43.1 cm³/mol. The van der Waals surface area contributed by atoms with Crippen LogP contribution in [0.5, 0.6) is 0 Å². The highest BCUT2D eigenvalue weighted by Gasteiger charge is 2.27. The fourth-order valence-corrected chi connectivity index (χ4v) is 1.25. The van der Waals surface area contributed by atoms with Crippen molar-refractivity contribution >= 4 is 39.0 Å². The maximum absolute atomic E-state index is 9.63. The van der Waals surface area contributed by atoms with Crippen LogP contribution in [0.1, 0.15) is 0 Å². The maximum Gasteiger partial charge on any atom is 0.478 e. The summed E-state index contributed by atoms with van der Waals surface area (Å²) in [6.07, 6.45) is 0. The number of hydrogen-bond donors (Lipinski definition) is 6. The third-order valence-corrected chi connectivity index (χ3v) is 1.91. The van der Waals surface area contributed by atoms with Gasteiger partial charge in [0.15, 0.2) is 0 Å². The van der Waals surface area contributed by atoms with Crippen molar-refractivity contribution < 1.29 is 33.0 Å². The summed E-state index contributed by atoms with van der Waals surface area (Å²) in [4.78, 5) is 31.0. The minimum atomic E-state index is -5.05. The minimum absolute atomic E-state index is 2.96. The summed E-state index contributed by atoms with van der Waals surface area (Å²) in [5.74, 6) is 0. The molecule has 0 aliphatic carbocycles. The van der Waals surface area contributed by atoms with Crippen molar-refractivity contribution in [2.45, 2.75) is 0 Å². The standard InChI is InChI=1S/H4O7P2.H2S2/c1-8(2,3)7-9(4,5)6;1-2/h(H2,1,2,3)(H2,4,5,6);1-2H. The van der Waals surface area contributed by atoms with Gasteiger partial charge < -0.3 is 19.6 Å². The highest BCUT2D eigenvalue weighted by atomic mass is 33.1. The quantitative estimate of drug-likeness (QED) is 0.228. The van der Waals surface area contributed by atoms with Gasteiger partial charge in [0.25, 0.3) is 0 Å². The van der Waals surface area contributed by atoms with Gasteiger partial charge in [-0.15, -0.1) is 23.3 Å². The predicted octanol–water partition coefficient (Wildman–Crippen LogP) is -0.0506. The Labute approximate surface area is 72.5 Å². The van der Waals surface area contributed by atoms with Gasteiger partial charge in [-0.1, -0.05) is 0 Å². The van der Waals surface area contributed by atoms with E-state index in [0.717, 1.165) is 0 Å². The van der Waals surface area contributed by atoms with E-state index in [0.29, 0.717) is 0 Å². The Hall–Kier alpha value is 0.960. The highest BCUT2D eigenvalue weighted by molar-refractivity contribution is 8.59. The first-order chi connectivity index (χ1) is 4.71. The molecule has 11 heteroatoms. The van der Waals surface area contributed by atoms with Crippen LogP contribution in [0.25, 0.3) is 0 Å². The second-order valence-corrected chi connectivity index (χ2v) is 3.68. The molecule has 0 aromatic rings. The van der Waals surface area contributed by atoms with Gasteiger partial charge in [0, 0.05) is 0 Å². The van der Waals surface area contributed by atoms with E-state index in [2.05, 4.69) is 27.6 Å². The molecule has 0 bridgehead atoms. The Balaban J connectivity index is 0. The Morgan fingerprint density at radius 3 is 1.09 bits per heavy atom. The first kappa shape index (κ1) is 14.5. The Kier molecular flexibility index (Phi) is 7.35. The Morgan fingerprint density at radius 1 is 0.909 bits per heavy atom. The van der Waals surface area contributed by atoms with Crippen molar-refractivity contribution in [3.63, 3.8) is 0 Å². The van der Waals surface area contributed by atoms with Crippen molar-refractivity contribution in [3.8, 4) is 0 Å². The van der Waals surface area contributed by atoms with Crippen LogP contribution in [0.2, 0.25) is 0 Å². The van der Waals surface area contributed by atoms with Crippen LogP contribution < -0.4 is 0 Å².